The summed E-state index contributed by atoms with van der Waals surface area (Å²) >= 11 is 7.62. The van der Waals surface area contributed by atoms with Gasteiger partial charge in [-0.25, -0.2) is 0 Å². The van der Waals surface area contributed by atoms with E-state index in [-0.39, 0.29) is 61.7 Å². The van der Waals surface area contributed by atoms with Crippen LogP contribution in [0.2, 0.25) is 5.02 Å². The Labute approximate surface area is 490 Å². The van der Waals surface area contributed by atoms with Gasteiger partial charge in [-0.15, -0.1) is 0 Å². The first-order valence-electron chi connectivity index (χ1n) is 31.0. The van der Waals surface area contributed by atoms with Crippen molar-refractivity contribution in [3.05, 3.63) is 80.4 Å². The Morgan fingerprint density at radius 3 is 1.60 bits per heavy atom. The Morgan fingerprint density at radius 2 is 1.04 bits per heavy atom. The van der Waals surface area contributed by atoms with Gasteiger partial charge in [0.25, 0.3) is 0 Å². The van der Waals surface area contributed by atoms with Crippen LogP contribution in [0.3, 0.4) is 0 Å². The Morgan fingerprint density at radius 1 is 0.561 bits per heavy atom. The topological polar surface area (TPSA) is 217 Å². The number of halogens is 1. The largest absolute Gasteiger partial charge is 0.494 e. The predicted octanol–water partition coefficient (Wildman–Crippen LogP) is 5.28. The van der Waals surface area contributed by atoms with Gasteiger partial charge in [-0.05, 0) is 153 Å². The Hall–Kier alpha value is -4.71. The molecule has 0 bridgehead atoms. The van der Waals surface area contributed by atoms with E-state index in [1.54, 1.807) is 7.11 Å². The van der Waals surface area contributed by atoms with Gasteiger partial charge in [0.2, 0.25) is 0 Å². The molecule has 9 aliphatic heterocycles. The number of hydrogen-bond donors (Lipinski definition) is 15. The van der Waals surface area contributed by atoms with Crippen molar-refractivity contribution >= 4 is 45.4 Å². The molecule has 3 aromatic rings. The quantitative estimate of drug-likeness (QED) is 0.0828. The summed E-state index contributed by atoms with van der Waals surface area (Å²) in [7, 11) is 3.79. The molecule has 0 amide bonds. The number of methoxy groups -OCH3 is 1. The third kappa shape index (κ3) is 13.1. The number of rotatable bonds is 17. The minimum atomic E-state index is -0.237. The third-order valence-corrected chi connectivity index (χ3v) is 18.4. The van der Waals surface area contributed by atoms with Crippen LogP contribution in [0.5, 0.6) is 23.0 Å². The van der Waals surface area contributed by atoms with Gasteiger partial charge >= 0.3 is 0 Å². The molecule has 3 aromatic carbocycles. The highest BCUT2D eigenvalue weighted by Gasteiger charge is 2.37. The van der Waals surface area contributed by atoms with Crippen LogP contribution in [-0.2, 0) is 19.3 Å². The molecular weight excluding hydrogens is 1050 g/mol. The van der Waals surface area contributed by atoms with Crippen LogP contribution in [0.4, 0.5) is 17.1 Å². The van der Waals surface area contributed by atoms with E-state index >= 15 is 0 Å². The molecule has 12 rings (SSSR count). The average Bonchev–Trinajstić information content (AvgIpc) is 4.11. The molecule has 3 fully saturated rings. The standard InChI is InChI=1S/C62H92ClN15O4/c1-34-24-49(64-5)76-60(70-34)73-46-30-42-27-44(81-57(42)52(37(46)4)38-10-7-17-65-20-13-38)32-68-50-25-35(2)71-61(77-50)74-47-31-43-28-45(82-58(43)53(55(47)63)39-11-8-18-66-21-14-39)33-69-51-26-36(3)72-62(78-51)75-48-29-41-16-23-80-56(41)54(59(48)79-6)40-12-9-19-67-22-15-40/h13-15,29-31,34-36,44-45,49-51,60-62,64-78H,7-12,16-28,32-33H2,1-6H3. The molecule has 446 valence electrons. The van der Waals surface area contributed by atoms with Crippen molar-refractivity contribution in [2.45, 2.75) is 172 Å². The van der Waals surface area contributed by atoms with Crippen molar-refractivity contribution in [1.82, 2.24) is 63.8 Å². The Balaban J connectivity index is 0.707. The van der Waals surface area contributed by atoms with Crippen LogP contribution in [0.15, 0.2) is 36.4 Å². The first-order valence-corrected chi connectivity index (χ1v) is 31.3. The molecule has 3 saturated heterocycles. The molecule has 0 spiro atoms. The Kier molecular flexibility index (Phi) is 18.5. The van der Waals surface area contributed by atoms with Gasteiger partial charge < -0.3 is 56.2 Å². The molecule has 15 N–H and O–H groups in total. The first kappa shape index (κ1) is 57.7. The van der Waals surface area contributed by atoms with Gasteiger partial charge in [0, 0.05) is 104 Å². The minimum Gasteiger partial charge on any atom is -0.494 e. The van der Waals surface area contributed by atoms with Crippen LogP contribution in [0.25, 0.3) is 16.7 Å². The van der Waals surface area contributed by atoms with E-state index in [2.05, 4.69) is 144 Å². The van der Waals surface area contributed by atoms with Crippen LogP contribution < -0.4 is 98.7 Å². The lowest BCUT2D eigenvalue weighted by atomic mass is 9.91. The zero-order chi connectivity index (χ0) is 56.3. The second-order valence-electron chi connectivity index (χ2n) is 24.3. The Bertz CT molecular complexity index is 2870. The fourth-order valence-electron chi connectivity index (χ4n) is 14.0. The van der Waals surface area contributed by atoms with Crippen molar-refractivity contribution in [1.29, 1.82) is 0 Å². The van der Waals surface area contributed by atoms with Gasteiger partial charge in [0.15, 0.2) is 5.75 Å². The zero-order valence-electron chi connectivity index (χ0n) is 49.2. The van der Waals surface area contributed by atoms with E-state index in [0.717, 1.165) is 168 Å². The van der Waals surface area contributed by atoms with Crippen LogP contribution in [0.1, 0.15) is 118 Å². The number of nitrogens with one attached hydrogen (secondary N) is 15. The monoisotopic (exact) mass is 1150 g/mol. The molecule has 19 nitrogen and oxygen atoms in total. The van der Waals surface area contributed by atoms with E-state index in [1.807, 2.05) is 7.05 Å². The number of benzene rings is 3. The van der Waals surface area contributed by atoms with Gasteiger partial charge in [-0.3, -0.25) is 42.5 Å². The molecule has 0 saturated carbocycles. The van der Waals surface area contributed by atoms with E-state index in [0.29, 0.717) is 30.8 Å². The van der Waals surface area contributed by atoms with E-state index in [1.165, 1.54) is 44.5 Å². The van der Waals surface area contributed by atoms with E-state index in [9.17, 15) is 0 Å². The van der Waals surface area contributed by atoms with Crippen LogP contribution in [-0.4, -0.2) is 141 Å². The molecule has 11 atom stereocenters. The molecule has 11 unspecified atom stereocenters. The van der Waals surface area contributed by atoms with Gasteiger partial charge in [-0.2, -0.15) is 0 Å². The number of ether oxygens (including phenoxy) is 4. The number of anilines is 3. The fourth-order valence-corrected chi connectivity index (χ4v) is 14.3. The predicted molar refractivity (Wildman–Crippen MR) is 331 cm³/mol. The summed E-state index contributed by atoms with van der Waals surface area (Å²) in [6.07, 6.45) is 18.2. The molecule has 9 aliphatic rings. The second-order valence-corrected chi connectivity index (χ2v) is 24.7. The molecule has 0 aromatic heterocycles. The zero-order valence-corrected chi connectivity index (χ0v) is 49.9. The normalized spacial score (nSPS) is 30.1. The molecule has 0 aliphatic carbocycles. The SMILES string of the molecule is CNC1CC(C)NC(Nc2cc3c(c(C4=CCNCCC4)c2C)OC(CNC2CC(C)NC(Nc4cc5c(c(C6=CCNCCC6)c4Cl)OC(CNC4CC(C)NC(Nc6cc7c(c(C8=CCNCCC8)c6OC)OCC7)N4)C5)N2)C3)N1. The molecule has 20 heteroatoms. The summed E-state index contributed by atoms with van der Waals surface area (Å²) in [5, 5.41) is 56.7. The molecular formula is C62H92ClN15O4. The molecule has 9 heterocycles. The van der Waals surface area contributed by atoms with Crippen molar-refractivity contribution in [3.8, 4) is 23.0 Å². The summed E-state index contributed by atoms with van der Waals surface area (Å²) in [5.74, 6) is 3.75. The summed E-state index contributed by atoms with van der Waals surface area (Å²) < 4.78 is 26.5. The number of allylic oxidation sites excluding steroid dienone is 3. The van der Waals surface area contributed by atoms with Crippen LogP contribution in [0, 0.1) is 6.92 Å². The average molecular weight is 1150 g/mol. The van der Waals surface area contributed by atoms with Crippen LogP contribution >= 0.6 is 11.6 Å². The first-order chi connectivity index (χ1) is 40.0. The highest BCUT2D eigenvalue weighted by molar-refractivity contribution is 6.35. The van der Waals surface area contributed by atoms with Crippen molar-refractivity contribution in [2.75, 3.05) is 89.1 Å². The van der Waals surface area contributed by atoms with Gasteiger partial charge in [0.05, 0.1) is 54.2 Å². The van der Waals surface area contributed by atoms with E-state index < -0.39 is 0 Å². The summed E-state index contributed by atoms with van der Waals surface area (Å²) in [4.78, 5) is 0. The third-order valence-electron chi connectivity index (χ3n) is 18.0. The van der Waals surface area contributed by atoms with E-state index in [4.69, 9.17) is 30.5 Å². The molecule has 0 radical (unpaired) electrons. The number of fused-ring (bicyclic) bond motifs is 3. The van der Waals surface area contributed by atoms with Gasteiger partial charge in [-0.1, -0.05) is 29.8 Å². The van der Waals surface area contributed by atoms with Gasteiger partial charge in [0.1, 0.15) is 48.3 Å². The summed E-state index contributed by atoms with van der Waals surface area (Å²) in [5.41, 5.74) is 15.1. The second kappa shape index (κ2) is 26.3. The van der Waals surface area contributed by atoms with Crippen molar-refractivity contribution < 1.29 is 18.9 Å². The van der Waals surface area contributed by atoms with Crippen molar-refractivity contribution in [2.24, 2.45) is 0 Å². The summed E-state index contributed by atoms with van der Waals surface area (Å²) in [6.45, 7) is 16.6. The lowest BCUT2D eigenvalue weighted by molar-refractivity contribution is 0.189. The number of hydrogen-bond acceptors (Lipinski definition) is 19. The lowest BCUT2D eigenvalue weighted by Crippen LogP contribution is -2.65. The highest BCUT2D eigenvalue weighted by Crippen LogP contribution is 2.49. The maximum atomic E-state index is 7.62. The maximum absolute atomic E-state index is 7.62. The lowest BCUT2D eigenvalue weighted by Gasteiger charge is -2.38. The molecule has 82 heavy (non-hydrogen) atoms. The van der Waals surface area contributed by atoms with Crippen molar-refractivity contribution in [3.63, 3.8) is 0 Å². The minimum absolute atomic E-state index is 0.00765. The summed E-state index contributed by atoms with van der Waals surface area (Å²) in [6, 6.07) is 7.63. The smallest absolute Gasteiger partial charge is 0.153 e. The maximum Gasteiger partial charge on any atom is 0.153 e. The highest BCUT2D eigenvalue weighted by atomic mass is 35.5. The fraction of sp³-hybridized carbons (Fsp3) is 0.613.